The van der Waals surface area contributed by atoms with E-state index in [4.69, 9.17) is 4.98 Å². The molecule has 0 radical (unpaired) electrons. The number of anilines is 2. The van der Waals surface area contributed by atoms with Gasteiger partial charge >= 0.3 is 0 Å². The molecule has 1 amide bonds. The van der Waals surface area contributed by atoms with Crippen molar-refractivity contribution in [2.45, 2.75) is 70.5 Å². The lowest BCUT2D eigenvalue weighted by Gasteiger charge is -2.45. The number of fused-ring (bicyclic) bond motifs is 1. The molecule has 0 spiro atoms. The number of halogens is 1. The Hall–Kier alpha value is -3.40. The standard InChI is InChI=1S/C30H39FN8O/c1-18-10-30(11-18,28-37-34-17-38(28)5)21-9-22(13-32-12-21)35-27(40)24-8-20(15-39-7-6-23(31)19(2)14-39)25-26(36-24)29(3,4)16-33-25/h8-9,12-13,17-19,23,33H,6-7,10-11,14-16H2,1-5H3,(H,35,40)/t18?,19-,23+,30?/m1/s1. The predicted octanol–water partition coefficient (Wildman–Crippen LogP) is 4.46. The molecular weight excluding hydrogens is 507 g/mol. The van der Waals surface area contributed by atoms with Gasteiger partial charge in [0.1, 0.15) is 24.0 Å². The van der Waals surface area contributed by atoms with E-state index in [1.54, 1.807) is 12.5 Å². The third-order valence-corrected chi connectivity index (χ3v) is 9.04. The summed E-state index contributed by atoms with van der Waals surface area (Å²) >= 11 is 0. The normalized spacial score (nSPS) is 27.5. The Morgan fingerprint density at radius 3 is 2.73 bits per heavy atom. The highest BCUT2D eigenvalue weighted by Gasteiger charge is 2.48. The van der Waals surface area contributed by atoms with Gasteiger partial charge in [0, 0.05) is 50.8 Å². The van der Waals surface area contributed by atoms with Gasteiger partial charge in [-0.2, -0.15) is 0 Å². The molecule has 40 heavy (non-hydrogen) atoms. The molecule has 2 fully saturated rings. The van der Waals surface area contributed by atoms with E-state index in [0.29, 0.717) is 43.4 Å². The van der Waals surface area contributed by atoms with Crippen molar-refractivity contribution in [3.63, 3.8) is 0 Å². The van der Waals surface area contributed by atoms with Crippen molar-refractivity contribution in [2.75, 3.05) is 30.3 Å². The minimum absolute atomic E-state index is 0.000856. The molecule has 2 N–H and O–H groups in total. The Balaban J connectivity index is 1.28. The molecule has 3 aliphatic rings. The van der Waals surface area contributed by atoms with Crippen molar-refractivity contribution in [1.82, 2.24) is 29.6 Å². The van der Waals surface area contributed by atoms with E-state index in [2.05, 4.69) is 51.5 Å². The zero-order valence-electron chi connectivity index (χ0n) is 24.0. The molecule has 3 aromatic rings. The number of likely N-dealkylation sites (tertiary alicyclic amines) is 1. The Morgan fingerprint density at radius 1 is 1.23 bits per heavy atom. The van der Waals surface area contributed by atoms with Crippen LogP contribution in [-0.2, 0) is 24.4 Å². The zero-order chi connectivity index (χ0) is 28.2. The smallest absolute Gasteiger partial charge is 0.274 e. The number of hydrogen-bond acceptors (Lipinski definition) is 7. The lowest BCUT2D eigenvalue weighted by molar-refractivity contribution is 0.0927. The molecule has 9 nitrogen and oxygen atoms in total. The van der Waals surface area contributed by atoms with E-state index >= 15 is 0 Å². The van der Waals surface area contributed by atoms with E-state index in [9.17, 15) is 9.18 Å². The molecule has 0 unspecified atom stereocenters. The lowest BCUT2D eigenvalue weighted by atomic mass is 9.59. The molecule has 10 heteroatoms. The number of alkyl halides is 1. The Labute approximate surface area is 235 Å². The maximum Gasteiger partial charge on any atom is 0.274 e. The molecule has 0 aromatic carbocycles. The zero-order valence-corrected chi connectivity index (χ0v) is 24.0. The number of nitrogens with one attached hydrogen (secondary N) is 2. The van der Waals surface area contributed by atoms with Gasteiger partial charge in [0.15, 0.2) is 0 Å². The number of rotatable bonds is 6. The van der Waals surface area contributed by atoms with Crippen molar-refractivity contribution in [3.05, 3.63) is 59.2 Å². The van der Waals surface area contributed by atoms with E-state index in [1.807, 2.05) is 36.9 Å². The van der Waals surface area contributed by atoms with Crippen LogP contribution in [0.1, 0.15) is 80.1 Å². The number of hydrogen-bond donors (Lipinski definition) is 2. The van der Waals surface area contributed by atoms with Crippen LogP contribution >= 0.6 is 0 Å². The first-order valence-electron chi connectivity index (χ1n) is 14.3. The molecule has 1 aliphatic carbocycles. The van der Waals surface area contributed by atoms with Crippen LogP contribution in [0.3, 0.4) is 0 Å². The lowest BCUT2D eigenvalue weighted by Crippen LogP contribution is -2.43. The topological polar surface area (TPSA) is 101 Å². The van der Waals surface area contributed by atoms with Crippen LogP contribution in [0.2, 0.25) is 0 Å². The molecule has 2 atom stereocenters. The summed E-state index contributed by atoms with van der Waals surface area (Å²) in [5, 5.41) is 15.1. The fourth-order valence-corrected chi connectivity index (χ4v) is 6.87. The molecule has 2 aliphatic heterocycles. The number of aryl methyl sites for hydroxylation is 1. The van der Waals surface area contributed by atoms with E-state index in [0.717, 1.165) is 47.7 Å². The predicted molar refractivity (Wildman–Crippen MR) is 152 cm³/mol. The van der Waals surface area contributed by atoms with Crippen molar-refractivity contribution in [2.24, 2.45) is 18.9 Å². The first-order valence-corrected chi connectivity index (χ1v) is 14.3. The summed E-state index contributed by atoms with van der Waals surface area (Å²) in [7, 11) is 1.97. The molecule has 1 saturated carbocycles. The maximum atomic E-state index is 14.1. The van der Waals surface area contributed by atoms with E-state index in [1.165, 1.54) is 0 Å². The second kappa shape index (κ2) is 9.90. The van der Waals surface area contributed by atoms with Gasteiger partial charge in [-0.05, 0) is 48.4 Å². The third kappa shape index (κ3) is 4.66. The number of amides is 1. The third-order valence-electron chi connectivity index (χ3n) is 9.04. The van der Waals surface area contributed by atoms with Crippen LogP contribution in [0.4, 0.5) is 15.8 Å². The minimum atomic E-state index is -0.752. The quantitative estimate of drug-likeness (QED) is 0.471. The van der Waals surface area contributed by atoms with Gasteiger partial charge in [-0.25, -0.2) is 9.37 Å². The second-order valence-corrected chi connectivity index (χ2v) is 12.9. The van der Waals surface area contributed by atoms with Gasteiger partial charge in [-0.3, -0.25) is 14.7 Å². The molecule has 3 aromatic heterocycles. The summed E-state index contributed by atoms with van der Waals surface area (Å²) in [6.45, 7) is 11.3. The van der Waals surface area contributed by atoms with Gasteiger partial charge < -0.3 is 15.2 Å². The summed E-state index contributed by atoms with van der Waals surface area (Å²) in [6.07, 6.45) is 6.97. The Kier molecular flexibility index (Phi) is 6.64. The fraction of sp³-hybridized carbons (Fsp3) is 0.567. The molecule has 5 heterocycles. The Morgan fingerprint density at radius 2 is 2.02 bits per heavy atom. The van der Waals surface area contributed by atoms with E-state index in [-0.39, 0.29) is 22.7 Å². The summed E-state index contributed by atoms with van der Waals surface area (Å²) in [4.78, 5) is 25.3. The van der Waals surface area contributed by atoms with Crippen LogP contribution in [0, 0.1) is 11.8 Å². The first-order chi connectivity index (χ1) is 19.1. The number of pyridine rings is 2. The maximum absolute atomic E-state index is 14.1. The van der Waals surface area contributed by atoms with Crippen LogP contribution in [0.15, 0.2) is 30.9 Å². The van der Waals surface area contributed by atoms with Gasteiger partial charge in [-0.1, -0.05) is 27.7 Å². The van der Waals surface area contributed by atoms with Crippen molar-refractivity contribution in [1.29, 1.82) is 0 Å². The Bertz CT molecular complexity index is 1430. The monoisotopic (exact) mass is 546 g/mol. The SMILES string of the molecule is CC1CC(c2cncc(NC(=O)c3cc(CN4CC[C@H](F)[C@H](C)C4)c4c(n3)C(C)(C)CN4)c2)(c2nncn2C)C1. The summed E-state index contributed by atoms with van der Waals surface area (Å²) in [6, 6.07) is 3.90. The average Bonchev–Trinajstić information content (AvgIpc) is 3.46. The highest BCUT2D eigenvalue weighted by Crippen LogP contribution is 2.51. The highest BCUT2D eigenvalue weighted by atomic mass is 19.1. The van der Waals surface area contributed by atoms with Crippen molar-refractivity contribution >= 4 is 17.3 Å². The van der Waals surface area contributed by atoms with Gasteiger partial charge in [0.05, 0.1) is 28.7 Å². The molecular formula is C30H39FN8O. The van der Waals surface area contributed by atoms with Crippen LogP contribution in [-0.4, -0.2) is 61.3 Å². The number of carbonyl (C=O) groups excluding carboxylic acids is 1. The number of carbonyl (C=O) groups is 1. The second-order valence-electron chi connectivity index (χ2n) is 12.9. The largest absolute Gasteiger partial charge is 0.382 e. The highest BCUT2D eigenvalue weighted by molar-refractivity contribution is 6.03. The van der Waals surface area contributed by atoms with Gasteiger partial charge in [-0.15, -0.1) is 10.2 Å². The number of aromatic nitrogens is 5. The number of nitrogens with zero attached hydrogens (tertiary/aromatic N) is 6. The summed E-state index contributed by atoms with van der Waals surface area (Å²) in [5.41, 5.74) is 4.50. The van der Waals surface area contributed by atoms with Crippen molar-refractivity contribution in [3.8, 4) is 0 Å². The van der Waals surface area contributed by atoms with Crippen LogP contribution < -0.4 is 10.6 Å². The molecule has 1 saturated heterocycles. The minimum Gasteiger partial charge on any atom is -0.382 e. The van der Waals surface area contributed by atoms with Crippen LogP contribution in [0.5, 0.6) is 0 Å². The summed E-state index contributed by atoms with van der Waals surface area (Å²) in [5.74, 6) is 1.22. The average molecular weight is 547 g/mol. The molecule has 0 bridgehead atoms. The molecule has 212 valence electrons. The van der Waals surface area contributed by atoms with Gasteiger partial charge in [0.2, 0.25) is 0 Å². The van der Waals surface area contributed by atoms with E-state index < -0.39 is 6.17 Å². The fourth-order valence-electron chi connectivity index (χ4n) is 6.87. The van der Waals surface area contributed by atoms with Crippen LogP contribution in [0.25, 0.3) is 0 Å². The summed E-state index contributed by atoms with van der Waals surface area (Å²) < 4.78 is 16.1. The number of piperidine rings is 1. The first kappa shape index (κ1) is 26.8. The molecule has 6 rings (SSSR count). The van der Waals surface area contributed by atoms with Gasteiger partial charge in [0.25, 0.3) is 5.91 Å². The van der Waals surface area contributed by atoms with Crippen molar-refractivity contribution < 1.29 is 9.18 Å².